The lowest BCUT2D eigenvalue weighted by Gasteiger charge is -2.13. The Morgan fingerprint density at radius 1 is 1.56 bits per heavy atom. The fraction of sp³-hybridized carbons (Fsp3) is 0.643. The lowest BCUT2D eigenvalue weighted by molar-refractivity contribution is 0.0961. The van der Waals surface area contributed by atoms with E-state index in [4.69, 9.17) is 4.74 Å². The van der Waals surface area contributed by atoms with Crippen molar-refractivity contribution in [1.82, 2.24) is 9.88 Å². The lowest BCUT2D eigenvalue weighted by Crippen LogP contribution is -2.30. The van der Waals surface area contributed by atoms with Crippen LogP contribution in [0, 0.1) is 0 Å². The number of nitrogens with zero attached hydrogens (tertiary/aromatic N) is 1. The van der Waals surface area contributed by atoms with Crippen molar-refractivity contribution in [3.63, 3.8) is 0 Å². The molecule has 0 saturated carbocycles. The normalized spacial score (nSPS) is 19.3. The van der Waals surface area contributed by atoms with Crippen molar-refractivity contribution >= 4 is 0 Å². The van der Waals surface area contributed by atoms with E-state index in [-0.39, 0.29) is 11.7 Å². The van der Waals surface area contributed by atoms with E-state index < -0.39 is 0 Å². The van der Waals surface area contributed by atoms with Gasteiger partial charge in [-0.3, -0.25) is 4.79 Å². The van der Waals surface area contributed by atoms with Crippen molar-refractivity contribution in [1.29, 1.82) is 0 Å². The largest absolute Gasteiger partial charge is 0.376 e. The monoisotopic (exact) mass is 250 g/mol. The second-order valence-corrected chi connectivity index (χ2v) is 4.80. The predicted molar refractivity (Wildman–Crippen MR) is 71.7 cm³/mol. The zero-order chi connectivity index (χ0) is 12.8. The van der Waals surface area contributed by atoms with E-state index in [9.17, 15) is 4.79 Å². The summed E-state index contributed by atoms with van der Waals surface area (Å²) in [4.78, 5) is 12.2. The Hall–Kier alpha value is -1.13. The summed E-state index contributed by atoms with van der Waals surface area (Å²) < 4.78 is 7.35. The maximum atomic E-state index is 12.2. The first-order chi connectivity index (χ1) is 8.81. The van der Waals surface area contributed by atoms with Gasteiger partial charge in [0.25, 0.3) is 5.56 Å². The topological polar surface area (TPSA) is 43.3 Å². The van der Waals surface area contributed by atoms with Crippen molar-refractivity contribution in [2.75, 3.05) is 13.2 Å². The molecule has 1 fully saturated rings. The Morgan fingerprint density at radius 2 is 2.44 bits per heavy atom. The Bertz CT molecular complexity index is 422. The minimum absolute atomic E-state index is 0.108. The first-order valence-corrected chi connectivity index (χ1v) is 6.82. The maximum absolute atomic E-state index is 12.2. The van der Waals surface area contributed by atoms with Crippen LogP contribution in [-0.2, 0) is 17.8 Å². The molecule has 2 rings (SSSR count). The fourth-order valence-corrected chi connectivity index (χ4v) is 2.27. The van der Waals surface area contributed by atoms with E-state index in [1.54, 1.807) is 4.57 Å². The van der Waals surface area contributed by atoms with Gasteiger partial charge in [0.1, 0.15) is 0 Å². The molecule has 1 unspecified atom stereocenters. The van der Waals surface area contributed by atoms with Crippen LogP contribution >= 0.6 is 0 Å². The molecule has 4 nitrogen and oxygen atoms in total. The fourth-order valence-electron chi connectivity index (χ4n) is 2.27. The van der Waals surface area contributed by atoms with Crippen LogP contribution in [0.25, 0.3) is 0 Å². The Labute approximate surface area is 108 Å². The van der Waals surface area contributed by atoms with Crippen molar-refractivity contribution < 1.29 is 4.74 Å². The molecule has 4 heteroatoms. The first-order valence-electron chi connectivity index (χ1n) is 6.82. The van der Waals surface area contributed by atoms with Gasteiger partial charge in [-0.05, 0) is 31.9 Å². The number of nitrogens with one attached hydrogen (secondary N) is 1. The summed E-state index contributed by atoms with van der Waals surface area (Å²) in [6.07, 6.45) is 5.31. The van der Waals surface area contributed by atoms with E-state index in [1.807, 2.05) is 18.3 Å². The number of hydrogen-bond donors (Lipinski definition) is 1. The Balaban J connectivity index is 2.01. The molecule has 1 saturated heterocycles. The Morgan fingerprint density at radius 3 is 3.17 bits per heavy atom. The highest BCUT2D eigenvalue weighted by Gasteiger charge is 2.16. The smallest absolute Gasteiger partial charge is 0.255 e. The highest BCUT2D eigenvalue weighted by atomic mass is 16.5. The van der Waals surface area contributed by atoms with E-state index >= 15 is 0 Å². The second-order valence-electron chi connectivity index (χ2n) is 4.80. The predicted octanol–water partition coefficient (Wildman–Crippen LogP) is 1.53. The van der Waals surface area contributed by atoms with Crippen LogP contribution in [0.3, 0.4) is 0 Å². The Kier molecular flexibility index (Phi) is 4.96. The summed E-state index contributed by atoms with van der Waals surface area (Å²) in [5, 5.41) is 3.27. The van der Waals surface area contributed by atoms with Gasteiger partial charge in [0.2, 0.25) is 0 Å². The van der Waals surface area contributed by atoms with Crippen LogP contribution in [0.1, 0.15) is 31.7 Å². The third kappa shape index (κ3) is 3.43. The summed E-state index contributed by atoms with van der Waals surface area (Å²) in [5.41, 5.74) is 0.945. The summed E-state index contributed by atoms with van der Waals surface area (Å²) in [7, 11) is 0. The highest BCUT2D eigenvalue weighted by Crippen LogP contribution is 2.13. The molecule has 1 aromatic heterocycles. The third-order valence-corrected chi connectivity index (χ3v) is 3.27. The molecule has 0 aromatic carbocycles. The van der Waals surface area contributed by atoms with Crippen LogP contribution in [-0.4, -0.2) is 23.8 Å². The van der Waals surface area contributed by atoms with Gasteiger partial charge in [0.15, 0.2) is 0 Å². The average molecular weight is 250 g/mol. The van der Waals surface area contributed by atoms with Gasteiger partial charge < -0.3 is 14.6 Å². The first kappa shape index (κ1) is 13.3. The molecule has 1 atom stereocenters. The SMILES string of the molecule is CCCNCc1cccn(CC2CCCO2)c1=O. The maximum Gasteiger partial charge on any atom is 0.255 e. The quantitative estimate of drug-likeness (QED) is 0.779. The van der Waals surface area contributed by atoms with Gasteiger partial charge >= 0.3 is 0 Å². The summed E-state index contributed by atoms with van der Waals surface area (Å²) in [6.45, 7) is 5.23. The molecule has 100 valence electrons. The average Bonchev–Trinajstić information content (AvgIpc) is 2.87. The molecule has 1 aliphatic rings. The molecule has 1 N–H and O–H groups in total. The summed E-state index contributed by atoms with van der Waals surface area (Å²) in [6, 6.07) is 3.84. The number of aromatic nitrogens is 1. The molecule has 0 spiro atoms. The van der Waals surface area contributed by atoms with Gasteiger partial charge in [-0.25, -0.2) is 0 Å². The van der Waals surface area contributed by atoms with Crippen molar-refractivity contribution in [3.8, 4) is 0 Å². The van der Waals surface area contributed by atoms with Gasteiger partial charge in [-0.1, -0.05) is 13.0 Å². The van der Waals surface area contributed by atoms with Crippen molar-refractivity contribution in [2.24, 2.45) is 0 Å². The van der Waals surface area contributed by atoms with E-state index in [0.717, 1.165) is 38.0 Å². The zero-order valence-corrected chi connectivity index (χ0v) is 11.0. The van der Waals surface area contributed by atoms with Crippen molar-refractivity contribution in [2.45, 2.75) is 45.4 Å². The van der Waals surface area contributed by atoms with Crippen molar-refractivity contribution in [3.05, 3.63) is 34.2 Å². The van der Waals surface area contributed by atoms with Crippen LogP contribution in [0.2, 0.25) is 0 Å². The van der Waals surface area contributed by atoms with Gasteiger partial charge in [0, 0.05) is 24.9 Å². The number of hydrogen-bond acceptors (Lipinski definition) is 3. The second kappa shape index (κ2) is 6.71. The molecule has 0 bridgehead atoms. The zero-order valence-electron chi connectivity index (χ0n) is 11.0. The molecule has 0 amide bonds. The van der Waals surface area contributed by atoms with E-state index in [0.29, 0.717) is 13.1 Å². The molecule has 1 aliphatic heterocycles. The van der Waals surface area contributed by atoms with Gasteiger partial charge in [-0.2, -0.15) is 0 Å². The summed E-state index contributed by atoms with van der Waals surface area (Å²) in [5.74, 6) is 0. The molecule has 2 heterocycles. The minimum atomic E-state index is 0.108. The molecule has 0 radical (unpaired) electrons. The third-order valence-electron chi connectivity index (χ3n) is 3.27. The molecule has 1 aromatic rings. The molecule has 0 aliphatic carbocycles. The van der Waals surface area contributed by atoms with E-state index in [1.165, 1.54) is 0 Å². The number of ether oxygens (including phenoxy) is 1. The number of rotatable bonds is 6. The van der Waals surface area contributed by atoms with Crippen LogP contribution in [0.15, 0.2) is 23.1 Å². The molecular formula is C14H22N2O2. The van der Waals surface area contributed by atoms with E-state index in [2.05, 4.69) is 12.2 Å². The van der Waals surface area contributed by atoms with Gasteiger partial charge in [0.05, 0.1) is 12.6 Å². The standard InChI is InChI=1S/C14H22N2O2/c1-2-7-15-10-12-5-3-8-16(14(12)17)11-13-6-4-9-18-13/h3,5,8,13,15H,2,4,6-7,9-11H2,1H3. The van der Waals surface area contributed by atoms with Crippen LogP contribution < -0.4 is 10.9 Å². The molecular weight excluding hydrogens is 228 g/mol. The van der Waals surface area contributed by atoms with Crippen LogP contribution in [0.4, 0.5) is 0 Å². The van der Waals surface area contributed by atoms with Crippen LogP contribution in [0.5, 0.6) is 0 Å². The summed E-state index contributed by atoms with van der Waals surface area (Å²) >= 11 is 0. The minimum Gasteiger partial charge on any atom is -0.376 e. The van der Waals surface area contributed by atoms with Gasteiger partial charge in [-0.15, -0.1) is 0 Å². The molecule has 18 heavy (non-hydrogen) atoms. The lowest BCUT2D eigenvalue weighted by atomic mass is 10.2. The highest BCUT2D eigenvalue weighted by molar-refractivity contribution is 5.10. The number of pyridine rings is 1.